The van der Waals surface area contributed by atoms with E-state index in [-0.39, 0.29) is 0 Å². The molecule has 0 amide bonds. The van der Waals surface area contributed by atoms with Crippen molar-refractivity contribution in [1.29, 1.82) is 0 Å². The van der Waals surface area contributed by atoms with Gasteiger partial charge in [-0.3, -0.25) is 0 Å². The number of aryl methyl sites for hydroxylation is 1. The molecule has 102 valence electrons. The molecule has 0 radical (unpaired) electrons. The second-order valence-corrected chi connectivity index (χ2v) is 6.85. The predicted molar refractivity (Wildman–Crippen MR) is 80.7 cm³/mol. The molecule has 1 saturated carbocycles. The molecular formula is C16H21ClN2. The highest BCUT2D eigenvalue weighted by molar-refractivity contribution is 6.16. The largest absolute Gasteiger partial charge is 0.324 e. The predicted octanol–water partition coefficient (Wildman–Crippen LogP) is 4.83. The monoisotopic (exact) mass is 276 g/mol. The third-order valence-electron chi connectivity index (χ3n) is 4.35. The van der Waals surface area contributed by atoms with E-state index in [1.807, 2.05) is 0 Å². The number of halogens is 1. The number of fused-ring (bicyclic) bond motifs is 1. The molecule has 2 aromatic rings. The van der Waals surface area contributed by atoms with Crippen molar-refractivity contribution >= 4 is 22.6 Å². The van der Waals surface area contributed by atoms with Gasteiger partial charge in [0.2, 0.25) is 0 Å². The molecule has 1 aromatic carbocycles. The number of nitrogens with zero attached hydrogens (tertiary/aromatic N) is 2. The van der Waals surface area contributed by atoms with Gasteiger partial charge in [0.05, 0.1) is 16.9 Å². The highest BCUT2D eigenvalue weighted by atomic mass is 35.5. The Morgan fingerprint density at radius 3 is 2.84 bits per heavy atom. The van der Waals surface area contributed by atoms with Crippen molar-refractivity contribution < 1.29 is 0 Å². The molecule has 0 aliphatic heterocycles. The van der Waals surface area contributed by atoms with Crippen LogP contribution in [0.25, 0.3) is 11.0 Å². The minimum absolute atomic E-state index is 0.440. The Balaban J connectivity index is 2.11. The zero-order chi connectivity index (χ0) is 13.6. The topological polar surface area (TPSA) is 17.8 Å². The molecule has 1 atom stereocenters. The first-order chi connectivity index (χ1) is 9.00. The molecule has 1 aliphatic rings. The molecule has 0 bridgehead atoms. The van der Waals surface area contributed by atoms with E-state index >= 15 is 0 Å². The third-order valence-corrected chi connectivity index (χ3v) is 4.58. The summed E-state index contributed by atoms with van der Waals surface area (Å²) in [5, 5.41) is 0. The number of hydrogen-bond acceptors (Lipinski definition) is 1. The maximum Gasteiger partial charge on any atom is 0.125 e. The quantitative estimate of drug-likeness (QED) is 0.718. The number of rotatable bonds is 2. The van der Waals surface area contributed by atoms with Crippen LogP contribution in [0.2, 0.25) is 0 Å². The Kier molecular flexibility index (Phi) is 3.09. The summed E-state index contributed by atoms with van der Waals surface area (Å²) >= 11 is 6.11. The van der Waals surface area contributed by atoms with E-state index in [0.717, 1.165) is 11.3 Å². The lowest BCUT2D eigenvalue weighted by atomic mass is 9.92. The molecule has 3 heteroatoms. The molecule has 1 fully saturated rings. The van der Waals surface area contributed by atoms with Gasteiger partial charge in [-0.15, -0.1) is 11.6 Å². The Bertz CT molecular complexity index is 612. The Hall–Kier alpha value is -1.02. The lowest BCUT2D eigenvalue weighted by Crippen LogP contribution is -2.11. The second-order valence-electron chi connectivity index (χ2n) is 6.58. The van der Waals surface area contributed by atoms with Crippen molar-refractivity contribution in [3.05, 3.63) is 29.6 Å². The summed E-state index contributed by atoms with van der Waals surface area (Å²) in [6.45, 7) is 6.82. The van der Waals surface area contributed by atoms with E-state index < -0.39 is 0 Å². The summed E-state index contributed by atoms with van der Waals surface area (Å²) in [5.74, 6) is 1.51. The van der Waals surface area contributed by atoms with Crippen LogP contribution < -0.4 is 0 Å². The number of aromatic nitrogens is 2. The maximum absolute atomic E-state index is 6.11. The van der Waals surface area contributed by atoms with Crippen LogP contribution in [0.15, 0.2) is 18.2 Å². The first kappa shape index (κ1) is 13.0. The van der Waals surface area contributed by atoms with Crippen LogP contribution in [-0.2, 0) is 5.88 Å². The van der Waals surface area contributed by atoms with Gasteiger partial charge < -0.3 is 4.57 Å². The molecule has 3 rings (SSSR count). The van der Waals surface area contributed by atoms with E-state index in [2.05, 4.69) is 43.5 Å². The Morgan fingerprint density at radius 1 is 1.42 bits per heavy atom. The number of benzene rings is 1. The Labute approximate surface area is 119 Å². The van der Waals surface area contributed by atoms with E-state index in [4.69, 9.17) is 16.6 Å². The van der Waals surface area contributed by atoms with Crippen LogP contribution in [0.5, 0.6) is 0 Å². The van der Waals surface area contributed by atoms with E-state index in [1.54, 1.807) is 0 Å². The van der Waals surface area contributed by atoms with Gasteiger partial charge in [-0.2, -0.15) is 0 Å². The fraction of sp³-hybridized carbons (Fsp3) is 0.562. The minimum Gasteiger partial charge on any atom is -0.324 e. The van der Waals surface area contributed by atoms with Gasteiger partial charge in [-0.05, 0) is 49.3 Å². The zero-order valence-corrected chi connectivity index (χ0v) is 12.7. The zero-order valence-electron chi connectivity index (χ0n) is 11.9. The molecular weight excluding hydrogens is 256 g/mol. The number of hydrogen-bond donors (Lipinski definition) is 0. The highest BCUT2D eigenvalue weighted by Crippen LogP contribution is 2.45. The van der Waals surface area contributed by atoms with Crippen LogP contribution >= 0.6 is 11.6 Å². The van der Waals surface area contributed by atoms with E-state index in [9.17, 15) is 0 Å². The molecule has 2 nitrogen and oxygen atoms in total. The van der Waals surface area contributed by atoms with Crippen molar-refractivity contribution in [3.8, 4) is 0 Å². The second kappa shape index (κ2) is 4.52. The fourth-order valence-corrected chi connectivity index (χ4v) is 3.57. The summed E-state index contributed by atoms with van der Waals surface area (Å²) < 4.78 is 2.39. The lowest BCUT2D eigenvalue weighted by molar-refractivity contribution is 0.359. The minimum atomic E-state index is 0.440. The molecule has 0 spiro atoms. The maximum atomic E-state index is 6.11. The number of alkyl halides is 1. The van der Waals surface area contributed by atoms with Crippen molar-refractivity contribution in [2.75, 3.05) is 0 Å². The fourth-order valence-electron chi connectivity index (χ4n) is 3.38. The van der Waals surface area contributed by atoms with Crippen molar-refractivity contribution in [2.45, 2.75) is 52.0 Å². The average Bonchev–Trinajstić information content (AvgIpc) is 2.88. The van der Waals surface area contributed by atoms with Crippen LogP contribution in [0.4, 0.5) is 0 Å². The lowest BCUT2D eigenvalue weighted by Gasteiger charge is -2.19. The van der Waals surface area contributed by atoms with Crippen molar-refractivity contribution in [2.24, 2.45) is 5.41 Å². The first-order valence-electron chi connectivity index (χ1n) is 7.04. The summed E-state index contributed by atoms with van der Waals surface area (Å²) in [6, 6.07) is 7.07. The molecule has 19 heavy (non-hydrogen) atoms. The van der Waals surface area contributed by atoms with Crippen LogP contribution in [-0.4, -0.2) is 9.55 Å². The standard InChI is InChI=1S/C16H21ClN2/c1-11-4-5-14-13(8-11)18-15(10-17)19(14)12-6-7-16(2,3)9-12/h4-5,8,12H,6-7,9-10H2,1-3H3. The summed E-state index contributed by atoms with van der Waals surface area (Å²) in [5.41, 5.74) is 4.02. The summed E-state index contributed by atoms with van der Waals surface area (Å²) in [4.78, 5) is 4.72. The van der Waals surface area contributed by atoms with Crippen LogP contribution in [0.1, 0.15) is 50.5 Å². The van der Waals surface area contributed by atoms with Crippen LogP contribution in [0.3, 0.4) is 0 Å². The molecule has 0 N–H and O–H groups in total. The van der Waals surface area contributed by atoms with Crippen LogP contribution in [0, 0.1) is 12.3 Å². The molecule has 1 aromatic heterocycles. The van der Waals surface area contributed by atoms with Gasteiger partial charge in [-0.25, -0.2) is 4.98 Å². The van der Waals surface area contributed by atoms with E-state index in [1.165, 1.54) is 30.3 Å². The third kappa shape index (κ3) is 2.27. The molecule has 0 saturated heterocycles. The molecule has 1 heterocycles. The highest BCUT2D eigenvalue weighted by Gasteiger charge is 2.33. The van der Waals surface area contributed by atoms with Gasteiger partial charge in [0.15, 0.2) is 0 Å². The Morgan fingerprint density at radius 2 is 2.21 bits per heavy atom. The van der Waals surface area contributed by atoms with Gasteiger partial charge in [0, 0.05) is 6.04 Å². The van der Waals surface area contributed by atoms with Gasteiger partial charge >= 0.3 is 0 Å². The van der Waals surface area contributed by atoms with Gasteiger partial charge in [0.1, 0.15) is 5.82 Å². The summed E-state index contributed by atoms with van der Waals surface area (Å²) in [7, 11) is 0. The van der Waals surface area contributed by atoms with E-state index in [0.29, 0.717) is 17.3 Å². The van der Waals surface area contributed by atoms with Gasteiger partial charge in [-0.1, -0.05) is 19.9 Å². The smallest absolute Gasteiger partial charge is 0.125 e. The molecule has 1 aliphatic carbocycles. The van der Waals surface area contributed by atoms with Crippen molar-refractivity contribution in [1.82, 2.24) is 9.55 Å². The molecule has 1 unspecified atom stereocenters. The number of imidazole rings is 1. The SMILES string of the molecule is Cc1ccc2c(c1)nc(CCl)n2C1CCC(C)(C)C1. The summed E-state index contributed by atoms with van der Waals surface area (Å²) in [6.07, 6.45) is 3.73. The van der Waals surface area contributed by atoms with Crippen molar-refractivity contribution in [3.63, 3.8) is 0 Å². The van der Waals surface area contributed by atoms with Gasteiger partial charge in [0.25, 0.3) is 0 Å². The normalized spacial score (nSPS) is 22.2. The first-order valence-corrected chi connectivity index (χ1v) is 7.57. The average molecular weight is 277 g/mol.